The molecule has 1 aromatic heterocycles. The molecule has 1 amide bonds. The average Bonchev–Trinajstić information content (AvgIpc) is 3.01. The molecule has 0 aliphatic carbocycles. The predicted molar refractivity (Wildman–Crippen MR) is 114 cm³/mol. The molecule has 0 fully saturated rings. The second-order valence-electron chi connectivity index (χ2n) is 6.44. The zero-order chi connectivity index (χ0) is 21.0. The van der Waals surface area contributed by atoms with E-state index in [1.54, 1.807) is 37.6 Å². The van der Waals surface area contributed by atoms with Crippen LogP contribution in [0.2, 0.25) is 5.02 Å². The van der Waals surface area contributed by atoms with E-state index in [0.717, 1.165) is 10.5 Å². The van der Waals surface area contributed by atoms with Crippen molar-refractivity contribution in [1.29, 1.82) is 0 Å². The normalized spacial score (nSPS) is 11.9. The standard InChI is InChI=1S/C21H22ClN3O3S/c1-4-18-19(22)20(25(2)24-18)21(26)23-13-14-5-7-15(8-6-14)28-16-9-11-17(12-10-16)29(3)27/h5-12H,4,13H2,1-3H3,(H,23,26). The molecule has 0 saturated carbocycles. The monoisotopic (exact) mass is 431 g/mol. The molecule has 2 aromatic carbocycles. The predicted octanol–water partition coefficient (Wildman–Crippen LogP) is 4.10. The second-order valence-corrected chi connectivity index (χ2v) is 8.20. The zero-order valence-corrected chi connectivity index (χ0v) is 18.0. The van der Waals surface area contributed by atoms with Crippen LogP contribution in [0.15, 0.2) is 53.4 Å². The first kappa shape index (κ1) is 21.1. The van der Waals surface area contributed by atoms with Crippen molar-refractivity contribution >= 4 is 28.3 Å². The summed E-state index contributed by atoms with van der Waals surface area (Å²) in [6.45, 7) is 2.30. The largest absolute Gasteiger partial charge is 0.457 e. The second kappa shape index (κ2) is 9.24. The van der Waals surface area contributed by atoms with Crippen LogP contribution in [0.3, 0.4) is 0 Å². The van der Waals surface area contributed by atoms with E-state index in [9.17, 15) is 9.00 Å². The van der Waals surface area contributed by atoms with Gasteiger partial charge < -0.3 is 10.1 Å². The quantitative estimate of drug-likeness (QED) is 0.611. The lowest BCUT2D eigenvalue weighted by Gasteiger charge is -2.09. The van der Waals surface area contributed by atoms with E-state index in [2.05, 4.69) is 10.4 Å². The molecule has 0 spiro atoms. The van der Waals surface area contributed by atoms with Crippen LogP contribution < -0.4 is 10.1 Å². The summed E-state index contributed by atoms with van der Waals surface area (Å²) in [6, 6.07) is 14.6. The number of hydrogen-bond donors (Lipinski definition) is 1. The van der Waals surface area contributed by atoms with E-state index in [1.807, 2.05) is 31.2 Å². The maximum absolute atomic E-state index is 12.5. The number of rotatable bonds is 7. The molecule has 0 bridgehead atoms. The van der Waals surface area contributed by atoms with Crippen LogP contribution >= 0.6 is 11.6 Å². The molecule has 1 atom stereocenters. The fourth-order valence-corrected chi connectivity index (χ4v) is 3.70. The number of halogens is 1. The number of amides is 1. The molecule has 8 heteroatoms. The molecule has 0 saturated heterocycles. The smallest absolute Gasteiger partial charge is 0.271 e. The Kier molecular flexibility index (Phi) is 6.71. The number of carbonyl (C=O) groups excluding carboxylic acids is 1. The molecule has 6 nitrogen and oxygen atoms in total. The molecule has 0 aliphatic heterocycles. The lowest BCUT2D eigenvalue weighted by Crippen LogP contribution is -2.25. The number of benzene rings is 2. The van der Waals surface area contributed by atoms with E-state index >= 15 is 0 Å². The zero-order valence-electron chi connectivity index (χ0n) is 16.4. The highest BCUT2D eigenvalue weighted by Gasteiger charge is 2.19. The third kappa shape index (κ3) is 5.05. The van der Waals surface area contributed by atoms with E-state index < -0.39 is 10.8 Å². The van der Waals surface area contributed by atoms with Gasteiger partial charge in [0.2, 0.25) is 0 Å². The first-order valence-electron chi connectivity index (χ1n) is 9.09. The Bertz CT molecular complexity index is 1030. The summed E-state index contributed by atoms with van der Waals surface area (Å²) in [4.78, 5) is 13.2. The number of carbonyl (C=O) groups is 1. The number of aromatic nitrogens is 2. The molecule has 1 heterocycles. The number of nitrogens with zero attached hydrogens (tertiary/aromatic N) is 2. The lowest BCUT2D eigenvalue weighted by atomic mass is 10.2. The van der Waals surface area contributed by atoms with Crippen molar-refractivity contribution in [3.8, 4) is 11.5 Å². The maximum Gasteiger partial charge on any atom is 0.271 e. The summed E-state index contributed by atoms with van der Waals surface area (Å²) in [7, 11) is 0.692. The molecular weight excluding hydrogens is 410 g/mol. The fraction of sp³-hybridized carbons (Fsp3) is 0.238. The average molecular weight is 432 g/mol. The number of aryl methyl sites for hydroxylation is 2. The van der Waals surface area contributed by atoms with Crippen LogP contribution in [0.1, 0.15) is 28.7 Å². The maximum atomic E-state index is 12.5. The van der Waals surface area contributed by atoms with Gasteiger partial charge >= 0.3 is 0 Å². The summed E-state index contributed by atoms with van der Waals surface area (Å²) >= 11 is 6.25. The van der Waals surface area contributed by atoms with Gasteiger partial charge in [-0.15, -0.1) is 0 Å². The van der Waals surface area contributed by atoms with E-state index in [0.29, 0.717) is 40.9 Å². The number of nitrogens with one attached hydrogen (secondary N) is 1. The molecule has 152 valence electrons. The van der Waals surface area contributed by atoms with Gasteiger partial charge in [-0.3, -0.25) is 13.7 Å². The Hall–Kier alpha value is -2.64. The summed E-state index contributed by atoms with van der Waals surface area (Å²) in [5.74, 6) is 1.07. The van der Waals surface area contributed by atoms with Gasteiger partial charge in [-0.25, -0.2) is 0 Å². The molecule has 3 aromatic rings. The molecule has 1 N–H and O–H groups in total. The van der Waals surface area contributed by atoms with E-state index in [4.69, 9.17) is 16.3 Å². The Balaban J connectivity index is 1.60. The molecular formula is C21H22ClN3O3S. The topological polar surface area (TPSA) is 73.2 Å². The minimum atomic E-state index is -1.01. The molecule has 1 unspecified atom stereocenters. The number of ether oxygens (including phenoxy) is 1. The molecule has 3 rings (SSSR count). The highest BCUT2D eigenvalue weighted by molar-refractivity contribution is 7.84. The third-order valence-corrected chi connectivity index (χ3v) is 5.71. The van der Waals surface area contributed by atoms with Gasteiger partial charge in [0.25, 0.3) is 5.91 Å². The van der Waals surface area contributed by atoms with Gasteiger partial charge in [-0.05, 0) is 48.4 Å². The van der Waals surface area contributed by atoms with Crippen LogP contribution in [0, 0.1) is 0 Å². The third-order valence-electron chi connectivity index (χ3n) is 4.37. The van der Waals surface area contributed by atoms with Gasteiger partial charge in [0.1, 0.15) is 17.2 Å². The van der Waals surface area contributed by atoms with Crippen molar-refractivity contribution in [2.45, 2.75) is 24.8 Å². The van der Waals surface area contributed by atoms with Crippen LogP contribution in [0.5, 0.6) is 11.5 Å². The summed E-state index contributed by atoms with van der Waals surface area (Å²) in [6.07, 6.45) is 2.30. The van der Waals surface area contributed by atoms with Gasteiger partial charge in [0, 0.05) is 35.5 Å². The van der Waals surface area contributed by atoms with Crippen LogP contribution in [0.4, 0.5) is 0 Å². The van der Waals surface area contributed by atoms with Crippen molar-refractivity contribution in [3.05, 3.63) is 70.5 Å². The summed E-state index contributed by atoms with van der Waals surface area (Å²) in [5, 5.41) is 7.53. The SMILES string of the molecule is CCc1nn(C)c(C(=O)NCc2ccc(Oc3ccc(S(C)=O)cc3)cc2)c1Cl. The lowest BCUT2D eigenvalue weighted by molar-refractivity contribution is 0.0941. The van der Waals surface area contributed by atoms with Gasteiger partial charge in [-0.2, -0.15) is 5.10 Å². The van der Waals surface area contributed by atoms with E-state index in [1.165, 1.54) is 4.68 Å². The highest BCUT2D eigenvalue weighted by Crippen LogP contribution is 2.23. The van der Waals surface area contributed by atoms with Crippen molar-refractivity contribution in [3.63, 3.8) is 0 Å². The van der Waals surface area contributed by atoms with Gasteiger partial charge in [0.15, 0.2) is 0 Å². The van der Waals surface area contributed by atoms with Crippen molar-refractivity contribution < 1.29 is 13.7 Å². The Labute approximate surface area is 177 Å². The van der Waals surface area contributed by atoms with Crippen molar-refractivity contribution in [2.75, 3.05) is 6.26 Å². The minimum Gasteiger partial charge on any atom is -0.457 e. The van der Waals surface area contributed by atoms with Gasteiger partial charge in [0.05, 0.1) is 10.7 Å². The molecule has 29 heavy (non-hydrogen) atoms. The Morgan fingerprint density at radius 1 is 1.14 bits per heavy atom. The van der Waals surface area contributed by atoms with Crippen molar-refractivity contribution in [2.24, 2.45) is 7.05 Å². The van der Waals surface area contributed by atoms with Gasteiger partial charge in [-0.1, -0.05) is 30.7 Å². The van der Waals surface area contributed by atoms with Crippen LogP contribution in [-0.4, -0.2) is 26.2 Å². The molecule has 0 aliphatic rings. The fourth-order valence-electron chi connectivity index (χ4n) is 2.80. The Morgan fingerprint density at radius 3 is 2.24 bits per heavy atom. The van der Waals surface area contributed by atoms with Crippen molar-refractivity contribution in [1.82, 2.24) is 15.1 Å². The Morgan fingerprint density at radius 2 is 1.72 bits per heavy atom. The summed E-state index contributed by atoms with van der Waals surface area (Å²) in [5.41, 5.74) is 2.00. The molecule has 0 radical (unpaired) electrons. The minimum absolute atomic E-state index is 0.265. The first-order valence-corrected chi connectivity index (χ1v) is 11.0. The van der Waals surface area contributed by atoms with Crippen LogP contribution in [0.25, 0.3) is 0 Å². The summed E-state index contributed by atoms with van der Waals surface area (Å²) < 4.78 is 18.7. The van der Waals surface area contributed by atoms with Crippen LogP contribution in [-0.2, 0) is 30.8 Å². The number of hydrogen-bond acceptors (Lipinski definition) is 4. The first-order chi connectivity index (χ1) is 13.9. The highest BCUT2D eigenvalue weighted by atomic mass is 35.5. The van der Waals surface area contributed by atoms with E-state index in [-0.39, 0.29) is 5.91 Å².